The summed E-state index contributed by atoms with van der Waals surface area (Å²) < 4.78 is 11.2. The van der Waals surface area contributed by atoms with Gasteiger partial charge in [0.05, 0.1) is 25.1 Å². The first kappa shape index (κ1) is 19.1. The van der Waals surface area contributed by atoms with Gasteiger partial charge in [-0.3, -0.25) is 9.88 Å². The number of carbonyl (C=O) groups excluding carboxylic acids is 1. The predicted molar refractivity (Wildman–Crippen MR) is 104 cm³/mol. The van der Waals surface area contributed by atoms with Crippen molar-refractivity contribution >= 4 is 11.7 Å². The van der Waals surface area contributed by atoms with Crippen LogP contribution < -0.4 is 15.4 Å². The highest BCUT2D eigenvalue weighted by molar-refractivity contribution is 5.91. The lowest BCUT2D eigenvalue weighted by Gasteiger charge is -2.34. The van der Waals surface area contributed by atoms with E-state index in [2.05, 4.69) is 27.4 Å². The third kappa shape index (κ3) is 5.67. The predicted octanol–water partition coefficient (Wildman–Crippen LogP) is 3.11. The minimum absolute atomic E-state index is 0.246. The SMILES string of the molecule is CC[C@H](CNC(=O)Nc1ccccc1Oc1cccnc1)N1CCOCC1. The van der Waals surface area contributed by atoms with E-state index in [1.807, 2.05) is 30.3 Å². The maximum absolute atomic E-state index is 12.4. The lowest BCUT2D eigenvalue weighted by molar-refractivity contribution is 0.0165. The van der Waals surface area contributed by atoms with Crippen LogP contribution in [0.25, 0.3) is 0 Å². The van der Waals surface area contributed by atoms with Crippen molar-refractivity contribution in [2.75, 3.05) is 38.2 Å². The fraction of sp³-hybridized carbons (Fsp3) is 0.400. The van der Waals surface area contributed by atoms with Crippen LogP contribution in [0.15, 0.2) is 48.8 Å². The molecular formula is C20H26N4O3. The van der Waals surface area contributed by atoms with Gasteiger partial charge in [0.25, 0.3) is 0 Å². The zero-order chi connectivity index (χ0) is 18.9. The Morgan fingerprint density at radius 2 is 2.07 bits per heavy atom. The lowest BCUT2D eigenvalue weighted by atomic mass is 10.2. The first-order valence-corrected chi connectivity index (χ1v) is 9.30. The highest BCUT2D eigenvalue weighted by Crippen LogP contribution is 2.28. The fourth-order valence-corrected chi connectivity index (χ4v) is 3.04. The summed E-state index contributed by atoms with van der Waals surface area (Å²) in [6.45, 7) is 6.04. The Kier molecular flexibility index (Phi) is 7.01. The normalized spacial score (nSPS) is 15.7. The average Bonchev–Trinajstić information content (AvgIpc) is 2.71. The third-order valence-corrected chi connectivity index (χ3v) is 4.53. The summed E-state index contributed by atoms with van der Waals surface area (Å²) in [5.74, 6) is 1.19. The van der Waals surface area contributed by atoms with Gasteiger partial charge in [-0.05, 0) is 30.7 Å². The molecule has 0 bridgehead atoms. The summed E-state index contributed by atoms with van der Waals surface area (Å²) in [4.78, 5) is 18.8. The number of urea groups is 1. The number of rotatable bonds is 7. The fourth-order valence-electron chi connectivity index (χ4n) is 3.04. The minimum atomic E-state index is -0.246. The van der Waals surface area contributed by atoms with E-state index in [-0.39, 0.29) is 6.03 Å². The summed E-state index contributed by atoms with van der Waals surface area (Å²) in [6, 6.07) is 11.0. The van der Waals surface area contributed by atoms with Crippen molar-refractivity contribution in [3.05, 3.63) is 48.8 Å². The van der Waals surface area contributed by atoms with Crippen LogP contribution in [0.1, 0.15) is 13.3 Å². The molecule has 0 aliphatic carbocycles. The molecule has 1 aromatic carbocycles. The molecule has 2 heterocycles. The maximum atomic E-state index is 12.4. The van der Waals surface area contributed by atoms with Crippen molar-refractivity contribution in [3.8, 4) is 11.5 Å². The number of morpholine rings is 1. The zero-order valence-corrected chi connectivity index (χ0v) is 15.6. The van der Waals surface area contributed by atoms with Gasteiger partial charge in [0.1, 0.15) is 5.75 Å². The van der Waals surface area contributed by atoms with Crippen molar-refractivity contribution < 1.29 is 14.3 Å². The molecule has 2 amide bonds. The number of hydrogen-bond acceptors (Lipinski definition) is 5. The van der Waals surface area contributed by atoms with Gasteiger partial charge >= 0.3 is 6.03 Å². The number of hydrogen-bond donors (Lipinski definition) is 2. The Morgan fingerprint density at radius 3 is 2.81 bits per heavy atom. The number of carbonyl (C=O) groups is 1. The van der Waals surface area contributed by atoms with E-state index in [1.165, 1.54) is 0 Å². The maximum Gasteiger partial charge on any atom is 0.319 e. The van der Waals surface area contributed by atoms with Gasteiger partial charge in [-0.25, -0.2) is 4.79 Å². The zero-order valence-electron chi connectivity index (χ0n) is 15.6. The molecule has 1 aliphatic heterocycles. The van der Waals surface area contributed by atoms with E-state index in [9.17, 15) is 4.79 Å². The van der Waals surface area contributed by atoms with Crippen LogP contribution in [0.2, 0.25) is 0 Å². The van der Waals surface area contributed by atoms with E-state index >= 15 is 0 Å². The van der Waals surface area contributed by atoms with Crippen molar-refractivity contribution in [1.82, 2.24) is 15.2 Å². The van der Waals surface area contributed by atoms with Gasteiger partial charge in [-0.2, -0.15) is 0 Å². The first-order chi connectivity index (χ1) is 13.3. The van der Waals surface area contributed by atoms with Crippen LogP contribution >= 0.6 is 0 Å². The summed E-state index contributed by atoms with van der Waals surface area (Å²) in [7, 11) is 0. The van der Waals surface area contributed by atoms with Crippen LogP contribution in [-0.4, -0.2) is 54.8 Å². The summed E-state index contributed by atoms with van der Waals surface area (Å²) in [5.41, 5.74) is 0.610. The Balaban J connectivity index is 1.56. The van der Waals surface area contributed by atoms with E-state index < -0.39 is 0 Å². The number of nitrogens with one attached hydrogen (secondary N) is 2. The Labute approximate surface area is 159 Å². The molecular weight excluding hydrogens is 344 g/mol. The van der Waals surface area contributed by atoms with Gasteiger partial charge in [0, 0.05) is 31.9 Å². The van der Waals surface area contributed by atoms with Crippen LogP contribution in [-0.2, 0) is 4.74 Å². The van der Waals surface area contributed by atoms with Crippen molar-refractivity contribution in [2.45, 2.75) is 19.4 Å². The number of aromatic nitrogens is 1. The van der Waals surface area contributed by atoms with Crippen molar-refractivity contribution in [2.24, 2.45) is 0 Å². The molecule has 1 atom stereocenters. The quantitative estimate of drug-likeness (QED) is 0.783. The van der Waals surface area contributed by atoms with Gasteiger partial charge in [-0.15, -0.1) is 0 Å². The molecule has 1 fully saturated rings. The second-order valence-electron chi connectivity index (χ2n) is 6.33. The number of nitrogens with zero attached hydrogens (tertiary/aromatic N) is 2. The molecule has 3 rings (SSSR count). The average molecular weight is 370 g/mol. The van der Waals surface area contributed by atoms with Gasteiger partial charge in [-0.1, -0.05) is 19.1 Å². The van der Waals surface area contributed by atoms with Crippen LogP contribution in [0.4, 0.5) is 10.5 Å². The van der Waals surface area contributed by atoms with E-state index in [0.717, 1.165) is 32.7 Å². The van der Waals surface area contributed by atoms with Gasteiger partial charge in [0.15, 0.2) is 5.75 Å². The Morgan fingerprint density at radius 1 is 1.26 bits per heavy atom. The second kappa shape index (κ2) is 9.89. The summed E-state index contributed by atoms with van der Waals surface area (Å²) >= 11 is 0. The van der Waals surface area contributed by atoms with Crippen LogP contribution in [0.3, 0.4) is 0 Å². The molecule has 1 aliphatic rings. The molecule has 0 saturated carbocycles. The van der Waals surface area contributed by atoms with Crippen LogP contribution in [0, 0.1) is 0 Å². The Hall–Kier alpha value is -2.64. The molecule has 144 valence electrons. The third-order valence-electron chi connectivity index (χ3n) is 4.53. The lowest BCUT2D eigenvalue weighted by Crippen LogP contribution is -2.49. The van der Waals surface area contributed by atoms with Gasteiger partial charge in [0.2, 0.25) is 0 Å². The number of benzene rings is 1. The first-order valence-electron chi connectivity index (χ1n) is 9.30. The number of ether oxygens (including phenoxy) is 2. The summed E-state index contributed by atoms with van der Waals surface area (Å²) in [5, 5.41) is 5.84. The topological polar surface area (TPSA) is 75.7 Å². The molecule has 0 spiro atoms. The highest BCUT2D eigenvalue weighted by Gasteiger charge is 2.20. The standard InChI is InChI=1S/C20H26N4O3/c1-2-16(24-10-12-26-13-11-24)14-22-20(25)23-18-7-3-4-8-19(18)27-17-6-5-9-21-15-17/h3-9,15-16H,2,10-14H2,1H3,(H2,22,23,25)/t16-/m1/s1. The Bertz CT molecular complexity index is 720. The van der Waals surface area contributed by atoms with E-state index in [1.54, 1.807) is 18.5 Å². The second-order valence-corrected chi connectivity index (χ2v) is 6.33. The molecule has 1 saturated heterocycles. The number of pyridine rings is 1. The molecule has 1 aromatic heterocycles. The smallest absolute Gasteiger partial charge is 0.319 e. The van der Waals surface area contributed by atoms with E-state index in [0.29, 0.717) is 29.8 Å². The largest absolute Gasteiger partial charge is 0.454 e. The molecule has 0 radical (unpaired) electrons. The van der Waals surface area contributed by atoms with Crippen molar-refractivity contribution in [3.63, 3.8) is 0 Å². The molecule has 0 unspecified atom stereocenters. The molecule has 2 N–H and O–H groups in total. The van der Waals surface area contributed by atoms with Gasteiger partial charge < -0.3 is 20.1 Å². The molecule has 7 nitrogen and oxygen atoms in total. The van der Waals surface area contributed by atoms with E-state index in [4.69, 9.17) is 9.47 Å². The van der Waals surface area contributed by atoms with Crippen LogP contribution in [0.5, 0.6) is 11.5 Å². The molecule has 27 heavy (non-hydrogen) atoms. The highest BCUT2D eigenvalue weighted by atomic mass is 16.5. The number of anilines is 1. The molecule has 2 aromatic rings. The summed E-state index contributed by atoms with van der Waals surface area (Å²) in [6.07, 6.45) is 4.29. The number of amides is 2. The number of para-hydroxylation sites is 2. The minimum Gasteiger partial charge on any atom is -0.454 e. The molecule has 7 heteroatoms. The monoisotopic (exact) mass is 370 g/mol. The van der Waals surface area contributed by atoms with Crippen molar-refractivity contribution in [1.29, 1.82) is 0 Å².